The molecule has 1 saturated carbocycles. The third kappa shape index (κ3) is 6.46. The quantitative estimate of drug-likeness (QED) is 0.408. The molecule has 0 unspecified atom stereocenters. The van der Waals surface area contributed by atoms with E-state index < -0.39 is 0 Å². The number of hydrogen-bond acceptors (Lipinski definition) is 5. The first kappa shape index (κ1) is 20.5. The maximum atomic E-state index is 12.5. The summed E-state index contributed by atoms with van der Waals surface area (Å²) in [5.74, 6) is 2.10. The minimum Gasteiger partial charge on any atom is -0.343 e. The Morgan fingerprint density at radius 1 is 1.20 bits per heavy atom. The summed E-state index contributed by atoms with van der Waals surface area (Å²) in [6.07, 6.45) is 3.46. The molecule has 1 N–H and O–H groups in total. The Morgan fingerprint density at radius 2 is 1.84 bits per heavy atom. The molecule has 0 bridgehead atoms. The number of carbonyl (C=O) groups excluding carboxylic acids is 2. The molecular formula is C18H26N2O2S3. The van der Waals surface area contributed by atoms with Gasteiger partial charge in [0, 0.05) is 48.0 Å². The molecule has 1 aliphatic rings. The molecule has 0 spiro atoms. The van der Waals surface area contributed by atoms with E-state index in [2.05, 4.69) is 17.9 Å². The molecule has 0 aliphatic heterocycles. The summed E-state index contributed by atoms with van der Waals surface area (Å²) >= 11 is 4.20. The number of nitrogens with one attached hydrogen (secondary N) is 1. The van der Waals surface area contributed by atoms with E-state index in [-0.39, 0.29) is 23.8 Å². The van der Waals surface area contributed by atoms with Gasteiger partial charge in [-0.25, -0.2) is 0 Å². The zero-order chi connectivity index (χ0) is 18.2. The Morgan fingerprint density at radius 3 is 2.40 bits per heavy atom. The minimum atomic E-state index is 0.0385. The van der Waals surface area contributed by atoms with Crippen LogP contribution >= 0.6 is 34.2 Å². The molecule has 1 aliphatic carbocycles. The van der Waals surface area contributed by atoms with Gasteiger partial charge < -0.3 is 10.2 Å². The molecule has 25 heavy (non-hydrogen) atoms. The minimum absolute atomic E-state index is 0.0385. The Balaban J connectivity index is 1.79. The molecule has 1 aromatic carbocycles. The Labute approximate surface area is 163 Å². The van der Waals surface area contributed by atoms with Crippen molar-refractivity contribution >= 4 is 51.7 Å². The van der Waals surface area contributed by atoms with Crippen molar-refractivity contribution in [2.45, 2.75) is 43.5 Å². The lowest BCUT2D eigenvalue weighted by molar-refractivity contribution is -0.130. The molecule has 0 heterocycles. The fourth-order valence-corrected chi connectivity index (χ4v) is 5.39. The predicted molar refractivity (Wildman–Crippen MR) is 111 cm³/mol. The van der Waals surface area contributed by atoms with Gasteiger partial charge in [-0.05, 0) is 49.9 Å². The first-order chi connectivity index (χ1) is 12.0. The molecule has 0 atom stereocenters. The Kier molecular flexibility index (Phi) is 8.52. The van der Waals surface area contributed by atoms with Crippen molar-refractivity contribution in [3.05, 3.63) is 24.3 Å². The first-order valence-corrected chi connectivity index (χ1v) is 11.5. The van der Waals surface area contributed by atoms with Gasteiger partial charge in [-0.1, -0.05) is 21.6 Å². The van der Waals surface area contributed by atoms with Gasteiger partial charge in [0.25, 0.3) is 0 Å². The first-order valence-electron chi connectivity index (χ1n) is 8.56. The summed E-state index contributed by atoms with van der Waals surface area (Å²) in [6, 6.07) is 8.25. The van der Waals surface area contributed by atoms with E-state index in [0.29, 0.717) is 0 Å². The molecule has 1 aromatic rings. The van der Waals surface area contributed by atoms with Crippen molar-refractivity contribution in [1.29, 1.82) is 0 Å². The molecule has 0 radical (unpaired) electrons. The molecule has 138 valence electrons. The molecule has 7 heteroatoms. The Bertz CT molecular complexity index is 572. The Hall–Kier alpha value is -0.790. The van der Waals surface area contributed by atoms with Crippen LogP contribution < -0.4 is 5.32 Å². The van der Waals surface area contributed by atoms with Crippen LogP contribution in [0.4, 0.5) is 5.69 Å². The van der Waals surface area contributed by atoms with Gasteiger partial charge in [0.2, 0.25) is 11.8 Å². The van der Waals surface area contributed by atoms with Crippen molar-refractivity contribution < 1.29 is 9.59 Å². The fourth-order valence-electron chi connectivity index (χ4n) is 2.97. The van der Waals surface area contributed by atoms with Crippen LogP contribution in [0.1, 0.15) is 32.6 Å². The predicted octanol–water partition coefficient (Wildman–Crippen LogP) is 4.33. The highest BCUT2D eigenvalue weighted by Gasteiger charge is 2.29. The summed E-state index contributed by atoms with van der Waals surface area (Å²) in [4.78, 5) is 26.9. The van der Waals surface area contributed by atoms with Gasteiger partial charge in [-0.15, -0.1) is 0 Å². The van der Waals surface area contributed by atoms with Crippen LogP contribution in [0.25, 0.3) is 0 Å². The van der Waals surface area contributed by atoms with Crippen molar-refractivity contribution in [2.75, 3.05) is 23.9 Å². The monoisotopic (exact) mass is 398 g/mol. The number of rotatable bonds is 7. The summed E-state index contributed by atoms with van der Waals surface area (Å²) in [7, 11) is 5.36. The standard InChI is InChI=1S/C18H26N2O2S3/c1-13(21)20(2)16-7-3-14(4-8-16)18(22)19-15-5-9-17(10-6-15)25-24-12-11-23/h5-6,9-10,14,16,23H,3-4,7-8,11-12H2,1-2H3,(H,19,22). The maximum Gasteiger partial charge on any atom is 0.227 e. The largest absolute Gasteiger partial charge is 0.343 e. The fraction of sp³-hybridized carbons (Fsp3) is 0.556. The number of anilines is 1. The van der Waals surface area contributed by atoms with Crippen LogP contribution in [0, 0.1) is 5.92 Å². The summed E-state index contributed by atoms with van der Waals surface area (Å²) < 4.78 is 0. The second-order valence-corrected chi connectivity index (χ2v) is 9.21. The van der Waals surface area contributed by atoms with Gasteiger partial charge >= 0.3 is 0 Å². The molecule has 0 aromatic heterocycles. The molecule has 2 amide bonds. The summed E-state index contributed by atoms with van der Waals surface area (Å²) in [5.41, 5.74) is 0.844. The molecule has 0 saturated heterocycles. The van der Waals surface area contributed by atoms with Gasteiger partial charge in [0.05, 0.1) is 0 Å². The highest BCUT2D eigenvalue weighted by atomic mass is 33.1. The lowest BCUT2D eigenvalue weighted by Crippen LogP contribution is -2.40. The van der Waals surface area contributed by atoms with Crippen molar-refractivity contribution in [1.82, 2.24) is 4.90 Å². The maximum absolute atomic E-state index is 12.5. The van der Waals surface area contributed by atoms with E-state index in [1.807, 2.05) is 31.3 Å². The van der Waals surface area contributed by atoms with Crippen LogP contribution in [-0.2, 0) is 9.59 Å². The summed E-state index contributed by atoms with van der Waals surface area (Å²) in [5, 5.41) is 3.03. The lowest BCUT2D eigenvalue weighted by atomic mass is 9.85. The topological polar surface area (TPSA) is 49.4 Å². The molecule has 2 rings (SSSR count). The van der Waals surface area contributed by atoms with Crippen LogP contribution in [0.15, 0.2) is 29.2 Å². The number of nitrogens with zero attached hydrogens (tertiary/aromatic N) is 1. The second kappa shape index (κ2) is 10.4. The van der Waals surface area contributed by atoms with Crippen molar-refractivity contribution in [3.8, 4) is 0 Å². The zero-order valence-corrected chi connectivity index (χ0v) is 17.3. The number of hydrogen-bond donors (Lipinski definition) is 2. The average Bonchev–Trinajstić information content (AvgIpc) is 2.62. The molecule has 4 nitrogen and oxygen atoms in total. The van der Waals surface area contributed by atoms with Crippen molar-refractivity contribution in [3.63, 3.8) is 0 Å². The number of benzene rings is 1. The van der Waals surface area contributed by atoms with E-state index in [4.69, 9.17) is 0 Å². The van der Waals surface area contributed by atoms with E-state index in [1.54, 1.807) is 33.4 Å². The number of carbonyl (C=O) groups is 2. The normalized spacial score (nSPS) is 20.1. The van der Waals surface area contributed by atoms with Crippen LogP contribution in [0.3, 0.4) is 0 Å². The third-order valence-corrected chi connectivity index (χ3v) is 7.47. The van der Waals surface area contributed by atoms with E-state index in [9.17, 15) is 9.59 Å². The van der Waals surface area contributed by atoms with E-state index >= 15 is 0 Å². The van der Waals surface area contributed by atoms with Crippen LogP contribution in [-0.4, -0.2) is 41.3 Å². The third-order valence-electron chi connectivity index (χ3n) is 4.56. The zero-order valence-electron chi connectivity index (χ0n) is 14.7. The van der Waals surface area contributed by atoms with Gasteiger partial charge in [-0.2, -0.15) is 12.6 Å². The second-order valence-electron chi connectivity index (χ2n) is 6.28. The SMILES string of the molecule is CC(=O)N(C)C1CCC(C(=O)Nc2ccc(SSCCS)cc2)CC1. The van der Waals surface area contributed by atoms with Crippen molar-refractivity contribution in [2.24, 2.45) is 5.92 Å². The number of thiol groups is 1. The highest BCUT2D eigenvalue weighted by molar-refractivity contribution is 8.76. The van der Waals surface area contributed by atoms with Gasteiger partial charge in [0.15, 0.2) is 0 Å². The van der Waals surface area contributed by atoms with Crippen LogP contribution in [0.2, 0.25) is 0 Å². The van der Waals surface area contributed by atoms with Crippen LogP contribution in [0.5, 0.6) is 0 Å². The molecular weight excluding hydrogens is 372 g/mol. The smallest absolute Gasteiger partial charge is 0.227 e. The van der Waals surface area contributed by atoms with Gasteiger partial charge in [-0.3, -0.25) is 9.59 Å². The van der Waals surface area contributed by atoms with E-state index in [0.717, 1.165) is 42.9 Å². The van der Waals surface area contributed by atoms with E-state index in [1.165, 1.54) is 4.90 Å². The van der Waals surface area contributed by atoms with Gasteiger partial charge in [0.1, 0.15) is 0 Å². The lowest BCUT2D eigenvalue weighted by Gasteiger charge is -2.33. The number of amides is 2. The summed E-state index contributed by atoms with van der Waals surface area (Å²) in [6.45, 7) is 1.59. The molecule has 1 fully saturated rings. The highest BCUT2D eigenvalue weighted by Crippen LogP contribution is 2.32. The average molecular weight is 399 g/mol.